The van der Waals surface area contributed by atoms with Crippen molar-refractivity contribution in [1.82, 2.24) is 9.80 Å². The van der Waals surface area contributed by atoms with E-state index in [1.54, 1.807) is 0 Å². The lowest BCUT2D eigenvalue weighted by Gasteiger charge is -2.29. The Hall–Kier alpha value is -2.37. The highest BCUT2D eigenvalue weighted by Gasteiger charge is 2.18. The number of hydrogen-bond acceptors (Lipinski definition) is 4. The second kappa shape index (κ2) is 9.42. The van der Waals surface area contributed by atoms with E-state index in [2.05, 4.69) is 34.3 Å². The maximum absolute atomic E-state index is 12.5. The summed E-state index contributed by atoms with van der Waals surface area (Å²) in [5, 5.41) is 2.98. The number of carbonyl (C=O) groups excluding carboxylic acids is 1. The lowest BCUT2D eigenvalue weighted by Crippen LogP contribution is -2.35. The molecule has 0 saturated carbocycles. The minimum Gasteiger partial charge on any atom is -0.490 e. The van der Waals surface area contributed by atoms with Crippen molar-refractivity contribution in [2.75, 3.05) is 38.5 Å². The van der Waals surface area contributed by atoms with Crippen molar-refractivity contribution in [3.63, 3.8) is 0 Å². The van der Waals surface area contributed by atoms with E-state index >= 15 is 0 Å². The van der Waals surface area contributed by atoms with Gasteiger partial charge in [-0.05, 0) is 87.8 Å². The summed E-state index contributed by atoms with van der Waals surface area (Å²) in [6.07, 6.45) is 4.99. The molecular formula is C24H31N3O2. The van der Waals surface area contributed by atoms with Crippen LogP contribution in [0.4, 0.5) is 5.69 Å². The SMILES string of the molecule is CN1CCC(Oc2ccc(NC(=O)c3ccc(CN4CCCC4)cc3)cc2)CC1. The number of anilines is 1. The zero-order valence-corrected chi connectivity index (χ0v) is 17.3. The van der Waals surface area contributed by atoms with Crippen LogP contribution in [-0.4, -0.2) is 55.0 Å². The van der Waals surface area contributed by atoms with Crippen LogP contribution in [0.1, 0.15) is 41.6 Å². The van der Waals surface area contributed by atoms with Gasteiger partial charge >= 0.3 is 0 Å². The largest absolute Gasteiger partial charge is 0.490 e. The molecule has 1 N–H and O–H groups in total. The average Bonchev–Trinajstić information content (AvgIpc) is 3.25. The minimum atomic E-state index is -0.0818. The molecule has 1 amide bonds. The second-order valence-corrected chi connectivity index (χ2v) is 8.28. The molecule has 0 atom stereocenters. The Kier molecular flexibility index (Phi) is 6.47. The summed E-state index contributed by atoms with van der Waals surface area (Å²) in [5.74, 6) is 0.783. The Labute approximate surface area is 173 Å². The number of amides is 1. The van der Waals surface area contributed by atoms with Crippen LogP contribution in [0.25, 0.3) is 0 Å². The lowest BCUT2D eigenvalue weighted by atomic mass is 10.1. The predicted molar refractivity (Wildman–Crippen MR) is 116 cm³/mol. The van der Waals surface area contributed by atoms with Crippen LogP contribution in [-0.2, 0) is 6.54 Å². The molecule has 2 aromatic rings. The van der Waals surface area contributed by atoms with Gasteiger partial charge in [0, 0.05) is 30.9 Å². The van der Waals surface area contributed by atoms with Gasteiger partial charge in [-0.1, -0.05) is 12.1 Å². The Bertz CT molecular complexity index is 790. The number of ether oxygens (including phenoxy) is 1. The van der Waals surface area contributed by atoms with Crippen molar-refractivity contribution < 1.29 is 9.53 Å². The molecule has 0 radical (unpaired) electrons. The lowest BCUT2D eigenvalue weighted by molar-refractivity contribution is 0.102. The van der Waals surface area contributed by atoms with Crippen molar-refractivity contribution >= 4 is 11.6 Å². The molecule has 0 unspecified atom stereocenters. The molecule has 0 aliphatic carbocycles. The topological polar surface area (TPSA) is 44.8 Å². The van der Waals surface area contributed by atoms with Crippen molar-refractivity contribution in [2.24, 2.45) is 0 Å². The molecule has 5 heteroatoms. The van der Waals surface area contributed by atoms with E-state index in [-0.39, 0.29) is 12.0 Å². The molecule has 0 aromatic heterocycles. The minimum absolute atomic E-state index is 0.0818. The van der Waals surface area contributed by atoms with E-state index in [1.807, 2.05) is 36.4 Å². The highest BCUT2D eigenvalue weighted by molar-refractivity contribution is 6.04. The molecule has 2 aromatic carbocycles. The van der Waals surface area contributed by atoms with E-state index in [9.17, 15) is 4.79 Å². The van der Waals surface area contributed by atoms with Gasteiger partial charge in [0.1, 0.15) is 11.9 Å². The molecule has 2 aliphatic heterocycles. The van der Waals surface area contributed by atoms with Crippen LogP contribution >= 0.6 is 0 Å². The van der Waals surface area contributed by atoms with Crippen LogP contribution in [0.5, 0.6) is 5.75 Å². The fourth-order valence-electron chi connectivity index (χ4n) is 4.08. The summed E-state index contributed by atoms with van der Waals surface area (Å²) in [5.41, 5.74) is 2.73. The average molecular weight is 394 g/mol. The van der Waals surface area contributed by atoms with E-state index in [0.29, 0.717) is 5.56 Å². The first kappa shape index (κ1) is 19.9. The van der Waals surface area contributed by atoms with E-state index in [4.69, 9.17) is 4.74 Å². The number of nitrogens with one attached hydrogen (secondary N) is 1. The molecule has 0 bridgehead atoms. The molecule has 2 fully saturated rings. The highest BCUT2D eigenvalue weighted by atomic mass is 16.5. The number of nitrogens with zero attached hydrogens (tertiary/aromatic N) is 2. The molecular weight excluding hydrogens is 362 g/mol. The maximum Gasteiger partial charge on any atom is 0.255 e. The summed E-state index contributed by atoms with van der Waals surface area (Å²) in [6.45, 7) is 5.49. The van der Waals surface area contributed by atoms with Gasteiger partial charge in [0.2, 0.25) is 0 Å². The van der Waals surface area contributed by atoms with Gasteiger partial charge in [-0.25, -0.2) is 0 Å². The first-order valence-corrected chi connectivity index (χ1v) is 10.7. The number of piperidine rings is 1. The van der Waals surface area contributed by atoms with Gasteiger partial charge in [-0.15, -0.1) is 0 Å². The Morgan fingerprint density at radius 1 is 0.966 bits per heavy atom. The van der Waals surface area contributed by atoms with Gasteiger partial charge < -0.3 is 15.0 Å². The van der Waals surface area contributed by atoms with Crippen LogP contribution < -0.4 is 10.1 Å². The number of rotatable bonds is 6. The van der Waals surface area contributed by atoms with E-state index in [1.165, 1.54) is 31.5 Å². The van der Waals surface area contributed by atoms with Crippen molar-refractivity contribution in [3.8, 4) is 5.75 Å². The first-order chi connectivity index (χ1) is 14.2. The Balaban J connectivity index is 1.28. The molecule has 0 spiro atoms. The van der Waals surface area contributed by atoms with Gasteiger partial charge in [0.15, 0.2) is 0 Å². The number of hydrogen-bond donors (Lipinski definition) is 1. The third-order valence-corrected chi connectivity index (χ3v) is 5.90. The molecule has 2 saturated heterocycles. The van der Waals surface area contributed by atoms with Gasteiger partial charge in [-0.3, -0.25) is 9.69 Å². The standard InChI is InChI=1S/C24H31N3O2/c1-26-16-12-23(13-17-26)29-22-10-8-21(9-11-22)25-24(28)20-6-4-19(5-7-20)18-27-14-2-3-15-27/h4-11,23H,2-3,12-18H2,1H3,(H,25,28). The number of likely N-dealkylation sites (tertiary alicyclic amines) is 2. The molecule has 154 valence electrons. The zero-order valence-electron chi connectivity index (χ0n) is 17.3. The monoisotopic (exact) mass is 393 g/mol. The normalized spacial score (nSPS) is 18.7. The summed E-state index contributed by atoms with van der Waals surface area (Å²) >= 11 is 0. The zero-order chi connectivity index (χ0) is 20.1. The maximum atomic E-state index is 12.5. The molecule has 29 heavy (non-hydrogen) atoms. The van der Waals surface area contributed by atoms with Gasteiger partial charge in [0.25, 0.3) is 5.91 Å². The fraction of sp³-hybridized carbons (Fsp3) is 0.458. The summed E-state index contributed by atoms with van der Waals surface area (Å²) in [7, 11) is 2.15. The molecule has 2 aliphatic rings. The second-order valence-electron chi connectivity index (χ2n) is 8.28. The smallest absolute Gasteiger partial charge is 0.255 e. The molecule has 2 heterocycles. The van der Waals surface area contributed by atoms with E-state index in [0.717, 1.165) is 43.9 Å². The Morgan fingerprint density at radius 3 is 2.28 bits per heavy atom. The van der Waals surface area contributed by atoms with Crippen molar-refractivity contribution in [3.05, 3.63) is 59.7 Å². The number of benzene rings is 2. The molecule has 4 rings (SSSR count). The highest BCUT2D eigenvalue weighted by Crippen LogP contribution is 2.21. The summed E-state index contributed by atoms with van der Waals surface area (Å²) < 4.78 is 6.07. The predicted octanol–water partition coefficient (Wildman–Crippen LogP) is 4.01. The summed E-state index contributed by atoms with van der Waals surface area (Å²) in [6, 6.07) is 15.6. The number of carbonyl (C=O) groups is 1. The van der Waals surface area contributed by atoms with E-state index < -0.39 is 0 Å². The fourth-order valence-corrected chi connectivity index (χ4v) is 4.08. The third kappa shape index (κ3) is 5.58. The van der Waals surface area contributed by atoms with Crippen molar-refractivity contribution in [1.29, 1.82) is 0 Å². The Morgan fingerprint density at radius 2 is 1.62 bits per heavy atom. The van der Waals surface area contributed by atoms with Crippen LogP contribution in [0.3, 0.4) is 0 Å². The van der Waals surface area contributed by atoms with Crippen LogP contribution in [0.2, 0.25) is 0 Å². The van der Waals surface area contributed by atoms with Crippen LogP contribution in [0, 0.1) is 0 Å². The van der Waals surface area contributed by atoms with Crippen molar-refractivity contribution in [2.45, 2.75) is 38.3 Å². The molecule has 5 nitrogen and oxygen atoms in total. The third-order valence-electron chi connectivity index (χ3n) is 5.90. The summed E-state index contributed by atoms with van der Waals surface area (Å²) in [4.78, 5) is 17.3. The quantitative estimate of drug-likeness (QED) is 0.806. The first-order valence-electron chi connectivity index (χ1n) is 10.7. The van der Waals surface area contributed by atoms with Crippen LogP contribution in [0.15, 0.2) is 48.5 Å². The van der Waals surface area contributed by atoms with Gasteiger partial charge in [0.05, 0.1) is 0 Å². The van der Waals surface area contributed by atoms with Gasteiger partial charge in [-0.2, -0.15) is 0 Å².